The molecule has 1 aliphatic heterocycles. The van der Waals surface area contributed by atoms with Gasteiger partial charge in [0.05, 0.1) is 19.2 Å². The maximum atomic E-state index is 12.3. The van der Waals surface area contributed by atoms with Crippen molar-refractivity contribution < 1.29 is 13.2 Å². The van der Waals surface area contributed by atoms with Gasteiger partial charge in [-0.25, -0.2) is 8.42 Å². The quantitative estimate of drug-likeness (QED) is 0.818. The van der Waals surface area contributed by atoms with Crippen LogP contribution in [0.25, 0.3) is 0 Å². The third-order valence-corrected chi connectivity index (χ3v) is 6.84. The molecule has 1 fully saturated rings. The first kappa shape index (κ1) is 13.0. The number of hydrogen-bond acceptors (Lipinski definition) is 5. The van der Waals surface area contributed by atoms with Crippen molar-refractivity contribution in [2.24, 2.45) is 0 Å². The van der Waals surface area contributed by atoms with E-state index in [0.29, 0.717) is 4.47 Å². The second-order valence-electron chi connectivity index (χ2n) is 3.41. The molecule has 2 heterocycles. The Morgan fingerprint density at radius 3 is 3.00 bits per heavy atom. The van der Waals surface area contributed by atoms with Gasteiger partial charge in [0, 0.05) is 11.0 Å². The lowest BCUT2D eigenvalue weighted by molar-refractivity contribution is 0.0312. The van der Waals surface area contributed by atoms with Gasteiger partial charge in [-0.3, -0.25) is 0 Å². The third kappa shape index (κ3) is 2.53. The van der Waals surface area contributed by atoms with Crippen LogP contribution < -0.4 is 0 Å². The standard InChI is InChI=1S/C9H9BrN2O3S2/c10-8-1-4-16-9(8)17(13,14)12-2-3-15-7(5-11)6-12/h1,4,7H,2-3,6H2. The number of nitrogens with zero attached hydrogens (tertiary/aromatic N) is 2. The molecule has 17 heavy (non-hydrogen) atoms. The number of sulfonamides is 1. The van der Waals surface area contributed by atoms with Crippen LogP contribution in [0.15, 0.2) is 20.1 Å². The third-order valence-electron chi connectivity index (χ3n) is 2.33. The normalized spacial score (nSPS) is 22.2. The molecule has 5 nitrogen and oxygen atoms in total. The van der Waals surface area contributed by atoms with Crippen molar-refractivity contribution >= 4 is 37.3 Å². The van der Waals surface area contributed by atoms with Crippen molar-refractivity contribution in [2.75, 3.05) is 19.7 Å². The van der Waals surface area contributed by atoms with Crippen molar-refractivity contribution in [1.82, 2.24) is 4.31 Å². The fraction of sp³-hybridized carbons (Fsp3) is 0.444. The first-order chi connectivity index (χ1) is 8.05. The molecule has 0 aliphatic carbocycles. The minimum absolute atomic E-state index is 0.0865. The van der Waals surface area contributed by atoms with Crippen molar-refractivity contribution in [3.8, 4) is 6.07 Å². The van der Waals surface area contributed by atoms with Gasteiger partial charge in [0.1, 0.15) is 4.21 Å². The Morgan fingerprint density at radius 2 is 2.41 bits per heavy atom. The molecule has 0 saturated carbocycles. The van der Waals surface area contributed by atoms with E-state index in [1.807, 2.05) is 6.07 Å². The lowest BCUT2D eigenvalue weighted by Crippen LogP contribution is -2.44. The van der Waals surface area contributed by atoms with E-state index in [1.54, 1.807) is 11.4 Å². The summed E-state index contributed by atoms with van der Waals surface area (Å²) in [4.78, 5) is 0. The summed E-state index contributed by atoms with van der Waals surface area (Å²) < 4.78 is 31.8. The zero-order valence-corrected chi connectivity index (χ0v) is 11.9. The Hall–Kier alpha value is -0.460. The number of hydrogen-bond donors (Lipinski definition) is 0. The minimum Gasteiger partial charge on any atom is -0.361 e. The van der Waals surface area contributed by atoms with Crippen molar-refractivity contribution in [3.05, 3.63) is 15.9 Å². The SMILES string of the molecule is N#CC1CN(S(=O)(=O)c2sccc2Br)CCO1. The molecule has 8 heteroatoms. The van der Waals surface area contributed by atoms with Crippen LogP contribution in [0.4, 0.5) is 0 Å². The second kappa shape index (κ2) is 5.04. The van der Waals surface area contributed by atoms with Crippen LogP contribution >= 0.6 is 27.3 Å². The predicted molar refractivity (Wildman–Crippen MR) is 66.1 cm³/mol. The van der Waals surface area contributed by atoms with Gasteiger partial charge >= 0.3 is 0 Å². The lowest BCUT2D eigenvalue weighted by Gasteiger charge is -2.28. The van der Waals surface area contributed by atoms with Crippen LogP contribution in [0.5, 0.6) is 0 Å². The van der Waals surface area contributed by atoms with E-state index in [4.69, 9.17) is 10.00 Å². The first-order valence-electron chi connectivity index (χ1n) is 4.80. The van der Waals surface area contributed by atoms with E-state index in [2.05, 4.69) is 15.9 Å². The largest absolute Gasteiger partial charge is 0.361 e. The van der Waals surface area contributed by atoms with E-state index in [-0.39, 0.29) is 23.9 Å². The molecular weight excluding hydrogens is 328 g/mol. The molecule has 1 unspecified atom stereocenters. The Labute approximate surface area is 112 Å². The molecule has 92 valence electrons. The molecule has 1 aliphatic rings. The summed E-state index contributed by atoms with van der Waals surface area (Å²) in [6.45, 7) is 0.620. The lowest BCUT2D eigenvalue weighted by atomic mass is 10.3. The second-order valence-corrected chi connectivity index (χ2v) is 7.31. The highest BCUT2D eigenvalue weighted by molar-refractivity contribution is 9.10. The van der Waals surface area contributed by atoms with Gasteiger partial charge in [-0.1, -0.05) is 0 Å². The van der Waals surface area contributed by atoms with Gasteiger partial charge in [0.2, 0.25) is 0 Å². The van der Waals surface area contributed by atoms with Gasteiger partial charge in [0.25, 0.3) is 10.0 Å². The predicted octanol–water partition coefficient (Wildman–Crippen LogP) is 1.42. The van der Waals surface area contributed by atoms with Gasteiger partial charge in [-0.2, -0.15) is 9.57 Å². The van der Waals surface area contributed by atoms with E-state index in [9.17, 15) is 8.42 Å². The molecule has 0 aromatic carbocycles. The van der Waals surface area contributed by atoms with Crippen LogP contribution in [0.2, 0.25) is 0 Å². The van der Waals surface area contributed by atoms with E-state index in [0.717, 1.165) is 11.3 Å². The number of thiophene rings is 1. The molecule has 0 spiro atoms. The van der Waals surface area contributed by atoms with Crippen LogP contribution in [-0.2, 0) is 14.8 Å². The summed E-state index contributed by atoms with van der Waals surface area (Å²) in [6.07, 6.45) is -0.683. The summed E-state index contributed by atoms with van der Waals surface area (Å²) in [5.74, 6) is 0. The fourth-order valence-electron chi connectivity index (χ4n) is 1.50. The number of ether oxygens (including phenoxy) is 1. The molecule has 1 aromatic heterocycles. The molecule has 1 saturated heterocycles. The zero-order chi connectivity index (χ0) is 12.5. The molecule has 2 rings (SSSR count). The van der Waals surface area contributed by atoms with Crippen molar-refractivity contribution in [1.29, 1.82) is 5.26 Å². The van der Waals surface area contributed by atoms with Crippen LogP contribution in [0.1, 0.15) is 0 Å². The number of halogens is 1. The summed E-state index contributed by atoms with van der Waals surface area (Å²) in [7, 11) is -3.52. The summed E-state index contributed by atoms with van der Waals surface area (Å²) in [6, 6.07) is 3.62. The first-order valence-corrected chi connectivity index (χ1v) is 7.91. The molecule has 1 aromatic rings. The summed E-state index contributed by atoms with van der Waals surface area (Å²) in [5.41, 5.74) is 0. The van der Waals surface area contributed by atoms with Gasteiger partial charge in [0.15, 0.2) is 6.10 Å². The maximum absolute atomic E-state index is 12.3. The number of nitriles is 1. The molecule has 0 bridgehead atoms. The fourth-order valence-corrected chi connectivity index (χ4v) is 5.38. The monoisotopic (exact) mass is 336 g/mol. The Kier molecular flexibility index (Phi) is 3.85. The molecular formula is C9H9BrN2O3S2. The van der Waals surface area contributed by atoms with Crippen molar-refractivity contribution in [3.63, 3.8) is 0 Å². The van der Waals surface area contributed by atoms with Gasteiger partial charge < -0.3 is 4.74 Å². The van der Waals surface area contributed by atoms with E-state index >= 15 is 0 Å². The smallest absolute Gasteiger partial charge is 0.253 e. The highest BCUT2D eigenvalue weighted by atomic mass is 79.9. The molecule has 0 radical (unpaired) electrons. The van der Waals surface area contributed by atoms with Crippen LogP contribution in [0, 0.1) is 11.3 Å². The Balaban J connectivity index is 2.28. The minimum atomic E-state index is -3.52. The topological polar surface area (TPSA) is 70.4 Å². The van der Waals surface area contributed by atoms with Crippen molar-refractivity contribution in [2.45, 2.75) is 10.3 Å². The van der Waals surface area contributed by atoms with Gasteiger partial charge in [-0.05, 0) is 27.4 Å². The average Bonchev–Trinajstić information content (AvgIpc) is 2.76. The molecule has 0 amide bonds. The Bertz CT molecular complexity index is 549. The highest BCUT2D eigenvalue weighted by Gasteiger charge is 2.32. The van der Waals surface area contributed by atoms with Crippen LogP contribution in [0.3, 0.4) is 0 Å². The van der Waals surface area contributed by atoms with E-state index < -0.39 is 16.1 Å². The Morgan fingerprint density at radius 1 is 1.65 bits per heavy atom. The highest BCUT2D eigenvalue weighted by Crippen LogP contribution is 2.30. The summed E-state index contributed by atoms with van der Waals surface area (Å²) in [5, 5.41) is 10.5. The number of rotatable bonds is 2. The van der Waals surface area contributed by atoms with Gasteiger partial charge in [-0.15, -0.1) is 11.3 Å². The molecule has 0 N–H and O–H groups in total. The van der Waals surface area contributed by atoms with E-state index in [1.165, 1.54) is 4.31 Å². The average molecular weight is 337 g/mol. The summed E-state index contributed by atoms with van der Waals surface area (Å²) >= 11 is 4.37. The number of morpholine rings is 1. The molecule has 1 atom stereocenters. The maximum Gasteiger partial charge on any atom is 0.253 e. The van der Waals surface area contributed by atoms with Crippen LogP contribution in [-0.4, -0.2) is 38.5 Å². The zero-order valence-electron chi connectivity index (χ0n) is 8.67.